The van der Waals surface area contributed by atoms with E-state index < -0.39 is 10.0 Å². The number of hydrogen-bond donors (Lipinski definition) is 0. The van der Waals surface area contributed by atoms with Crippen LogP contribution in [-0.4, -0.2) is 31.9 Å². The molecular weight excluding hydrogens is 365 g/mol. The lowest BCUT2D eigenvalue weighted by molar-refractivity contribution is 0.135. The van der Waals surface area contributed by atoms with Gasteiger partial charge in [-0.3, -0.25) is 0 Å². The Labute approximate surface area is 152 Å². The van der Waals surface area contributed by atoms with E-state index in [9.17, 15) is 12.8 Å². The first-order valence-electron chi connectivity index (χ1n) is 8.07. The van der Waals surface area contributed by atoms with Crippen molar-refractivity contribution in [1.82, 2.24) is 4.31 Å². The Bertz CT molecular complexity index is 818. The van der Waals surface area contributed by atoms with Crippen molar-refractivity contribution in [2.45, 2.75) is 24.7 Å². The molecule has 1 saturated heterocycles. The molecule has 134 valence electrons. The summed E-state index contributed by atoms with van der Waals surface area (Å²) in [5.41, 5.74) is 0.582. The van der Waals surface area contributed by atoms with Gasteiger partial charge in [-0.2, -0.15) is 0 Å². The topological polar surface area (TPSA) is 46.6 Å². The molecule has 0 unspecified atom stereocenters. The lowest BCUT2D eigenvalue weighted by Gasteiger charge is -2.31. The highest BCUT2D eigenvalue weighted by atomic mass is 35.5. The minimum atomic E-state index is -3.42. The fourth-order valence-electron chi connectivity index (χ4n) is 2.84. The minimum absolute atomic E-state index is 0.0317. The summed E-state index contributed by atoms with van der Waals surface area (Å²) in [5.74, 6) is 0.202. The highest BCUT2D eigenvalue weighted by Gasteiger charge is 2.29. The van der Waals surface area contributed by atoms with Gasteiger partial charge in [-0.1, -0.05) is 29.8 Å². The van der Waals surface area contributed by atoms with Crippen LogP contribution < -0.4 is 4.74 Å². The summed E-state index contributed by atoms with van der Waals surface area (Å²) >= 11 is 5.94. The zero-order valence-corrected chi connectivity index (χ0v) is 15.1. The zero-order chi connectivity index (χ0) is 17.9. The first kappa shape index (κ1) is 18.2. The Balaban J connectivity index is 1.56. The van der Waals surface area contributed by atoms with E-state index in [-0.39, 0.29) is 17.7 Å². The van der Waals surface area contributed by atoms with Gasteiger partial charge in [0.2, 0.25) is 10.0 Å². The molecule has 0 radical (unpaired) electrons. The summed E-state index contributed by atoms with van der Waals surface area (Å²) in [6.07, 6.45) is 1.21. The summed E-state index contributed by atoms with van der Waals surface area (Å²) in [4.78, 5) is 0. The Hall–Kier alpha value is -1.63. The lowest BCUT2D eigenvalue weighted by atomic mass is 10.1. The van der Waals surface area contributed by atoms with Crippen LogP contribution in [0.5, 0.6) is 5.75 Å². The lowest BCUT2D eigenvalue weighted by Crippen LogP contribution is -2.42. The minimum Gasteiger partial charge on any atom is -0.490 e. The molecule has 1 fully saturated rings. The van der Waals surface area contributed by atoms with Crippen LogP contribution in [0.4, 0.5) is 4.39 Å². The van der Waals surface area contributed by atoms with Crippen molar-refractivity contribution in [2.75, 3.05) is 13.1 Å². The number of piperidine rings is 1. The molecular formula is C18H19ClFNO3S. The maximum atomic E-state index is 12.9. The normalized spacial score (nSPS) is 16.7. The quantitative estimate of drug-likeness (QED) is 0.787. The van der Waals surface area contributed by atoms with Crippen LogP contribution in [-0.2, 0) is 15.8 Å². The van der Waals surface area contributed by atoms with E-state index >= 15 is 0 Å². The van der Waals surface area contributed by atoms with Gasteiger partial charge in [0, 0.05) is 18.1 Å². The van der Waals surface area contributed by atoms with Gasteiger partial charge in [-0.05, 0) is 48.7 Å². The number of benzene rings is 2. The fourth-order valence-corrected chi connectivity index (χ4v) is 4.59. The second kappa shape index (κ2) is 7.72. The van der Waals surface area contributed by atoms with Crippen molar-refractivity contribution in [3.63, 3.8) is 0 Å². The second-order valence-electron chi connectivity index (χ2n) is 6.06. The van der Waals surface area contributed by atoms with Crippen molar-refractivity contribution < 1.29 is 17.5 Å². The molecule has 0 atom stereocenters. The van der Waals surface area contributed by atoms with Gasteiger partial charge in [-0.25, -0.2) is 17.1 Å². The van der Waals surface area contributed by atoms with Crippen LogP contribution >= 0.6 is 11.6 Å². The molecule has 2 aromatic rings. The van der Waals surface area contributed by atoms with Gasteiger partial charge in [0.1, 0.15) is 17.7 Å². The molecule has 3 rings (SSSR count). The molecule has 0 aliphatic carbocycles. The largest absolute Gasteiger partial charge is 0.490 e. The molecule has 2 aromatic carbocycles. The molecule has 0 saturated carbocycles. The third kappa shape index (κ3) is 4.93. The standard InChI is InChI=1S/C18H19ClFNO3S/c19-15-2-1-3-18(12-15)24-17-8-10-21(11-9-17)25(22,23)13-14-4-6-16(20)7-5-14/h1-7,12,17H,8-11,13H2. The van der Waals surface area contributed by atoms with E-state index in [1.54, 1.807) is 12.1 Å². The van der Waals surface area contributed by atoms with Crippen molar-refractivity contribution in [3.8, 4) is 5.75 Å². The monoisotopic (exact) mass is 383 g/mol. The van der Waals surface area contributed by atoms with Crippen LogP contribution in [0.3, 0.4) is 0 Å². The second-order valence-corrected chi connectivity index (χ2v) is 8.46. The van der Waals surface area contributed by atoms with E-state index in [0.29, 0.717) is 42.3 Å². The average Bonchev–Trinajstić information content (AvgIpc) is 2.57. The molecule has 0 aromatic heterocycles. The predicted octanol–water partition coefficient (Wildman–Crippen LogP) is 3.85. The molecule has 1 heterocycles. The van der Waals surface area contributed by atoms with Crippen molar-refractivity contribution >= 4 is 21.6 Å². The fraction of sp³-hybridized carbons (Fsp3) is 0.333. The molecule has 0 bridgehead atoms. The predicted molar refractivity (Wildman–Crippen MR) is 95.7 cm³/mol. The first-order valence-corrected chi connectivity index (χ1v) is 10.1. The number of ether oxygens (including phenoxy) is 1. The summed E-state index contributed by atoms with van der Waals surface area (Å²) in [6.45, 7) is 0.823. The molecule has 0 amide bonds. The van der Waals surface area contributed by atoms with E-state index in [0.717, 1.165) is 0 Å². The zero-order valence-electron chi connectivity index (χ0n) is 13.6. The molecule has 4 nitrogen and oxygen atoms in total. The maximum absolute atomic E-state index is 12.9. The molecule has 25 heavy (non-hydrogen) atoms. The summed E-state index contributed by atoms with van der Waals surface area (Å²) in [5, 5.41) is 0.608. The average molecular weight is 384 g/mol. The van der Waals surface area contributed by atoms with Gasteiger partial charge in [-0.15, -0.1) is 0 Å². The first-order chi connectivity index (χ1) is 11.9. The van der Waals surface area contributed by atoms with E-state index in [1.807, 2.05) is 12.1 Å². The SMILES string of the molecule is O=S(=O)(Cc1ccc(F)cc1)N1CCC(Oc2cccc(Cl)c2)CC1. The van der Waals surface area contributed by atoms with E-state index in [4.69, 9.17) is 16.3 Å². The molecule has 0 N–H and O–H groups in total. The van der Waals surface area contributed by atoms with Crippen molar-refractivity contribution in [2.24, 2.45) is 0 Å². The maximum Gasteiger partial charge on any atom is 0.218 e. The number of halogens is 2. The van der Waals surface area contributed by atoms with Crippen LogP contribution in [0.15, 0.2) is 48.5 Å². The van der Waals surface area contributed by atoms with Gasteiger partial charge in [0.25, 0.3) is 0 Å². The molecule has 0 spiro atoms. The number of nitrogens with zero attached hydrogens (tertiary/aromatic N) is 1. The van der Waals surface area contributed by atoms with Crippen LogP contribution in [0.25, 0.3) is 0 Å². The van der Waals surface area contributed by atoms with Gasteiger partial charge < -0.3 is 4.74 Å². The highest BCUT2D eigenvalue weighted by molar-refractivity contribution is 7.88. The third-order valence-electron chi connectivity index (χ3n) is 4.16. The van der Waals surface area contributed by atoms with Crippen molar-refractivity contribution in [1.29, 1.82) is 0 Å². The third-order valence-corrected chi connectivity index (χ3v) is 6.24. The smallest absolute Gasteiger partial charge is 0.218 e. The molecule has 7 heteroatoms. The summed E-state index contributed by atoms with van der Waals surface area (Å²) in [7, 11) is -3.42. The van der Waals surface area contributed by atoms with E-state index in [2.05, 4.69) is 0 Å². The van der Waals surface area contributed by atoms with Crippen LogP contribution in [0.1, 0.15) is 18.4 Å². The number of hydrogen-bond acceptors (Lipinski definition) is 3. The summed E-state index contributed by atoms with van der Waals surface area (Å²) in [6, 6.07) is 12.7. The number of rotatable bonds is 5. The summed E-state index contributed by atoms with van der Waals surface area (Å²) < 4.78 is 45.3. The van der Waals surface area contributed by atoms with Gasteiger partial charge in [0.05, 0.1) is 5.75 Å². The van der Waals surface area contributed by atoms with Crippen LogP contribution in [0.2, 0.25) is 5.02 Å². The molecule has 1 aliphatic heterocycles. The van der Waals surface area contributed by atoms with Crippen LogP contribution in [0, 0.1) is 5.82 Å². The Kier molecular flexibility index (Phi) is 5.61. The Morgan fingerprint density at radius 3 is 2.44 bits per heavy atom. The molecule has 1 aliphatic rings. The highest BCUT2D eigenvalue weighted by Crippen LogP contribution is 2.24. The Morgan fingerprint density at radius 1 is 1.12 bits per heavy atom. The number of sulfonamides is 1. The van der Waals surface area contributed by atoms with Gasteiger partial charge >= 0.3 is 0 Å². The van der Waals surface area contributed by atoms with E-state index in [1.165, 1.54) is 28.6 Å². The Morgan fingerprint density at radius 2 is 1.80 bits per heavy atom. The van der Waals surface area contributed by atoms with Gasteiger partial charge in [0.15, 0.2) is 0 Å². The van der Waals surface area contributed by atoms with Crippen molar-refractivity contribution in [3.05, 3.63) is 64.9 Å².